The average molecular weight is 267 g/mol. The summed E-state index contributed by atoms with van der Waals surface area (Å²) in [6.45, 7) is 5.60. The van der Waals surface area contributed by atoms with E-state index in [0.29, 0.717) is 0 Å². The second kappa shape index (κ2) is 6.44. The fourth-order valence-corrected chi connectivity index (χ4v) is 2.93. The van der Waals surface area contributed by atoms with E-state index < -0.39 is 0 Å². The molecule has 0 amide bonds. The summed E-state index contributed by atoms with van der Waals surface area (Å²) in [7, 11) is 0. The van der Waals surface area contributed by atoms with Crippen molar-refractivity contribution >= 4 is 17.3 Å². The first-order valence-electron chi connectivity index (χ1n) is 6.95. The lowest BCUT2D eigenvalue weighted by Crippen LogP contribution is -2.24. The van der Waals surface area contributed by atoms with Gasteiger partial charge in [-0.25, -0.2) is 0 Å². The molecule has 0 saturated carbocycles. The molecule has 100 valence electrons. The Kier molecular flexibility index (Phi) is 4.90. The maximum absolute atomic E-state index is 6.23. The first-order valence-corrected chi connectivity index (χ1v) is 7.33. The molecule has 0 bridgehead atoms. The van der Waals surface area contributed by atoms with Crippen LogP contribution in [-0.2, 0) is 6.54 Å². The number of rotatable bonds is 3. The van der Waals surface area contributed by atoms with E-state index in [9.17, 15) is 0 Å². The third kappa shape index (κ3) is 3.63. The molecule has 1 unspecified atom stereocenters. The highest BCUT2D eigenvalue weighted by Crippen LogP contribution is 2.24. The summed E-state index contributed by atoms with van der Waals surface area (Å²) in [4.78, 5) is 2.51. The molecule has 3 heteroatoms. The summed E-state index contributed by atoms with van der Waals surface area (Å²) in [5.74, 6) is 0.909. The van der Waals surface area contributed by atoms with Gasteiger partial charge in [0.25, 0.3) is 0 Å². The van der Waals surface area contributed by atoms with Gasteiger partial charge < -0.3 is 5.73 Å². The number of anilines is 1. The van der Waals surface area contributed by atoms with Gasteiger partial charge in [0, 0.05) is 17.3 Å². The molecular formula is C15H23ClN2. The predicted octanol–water partition coefficient (Wildman–Crippen LogP) is 3.93. The number of hydrogen-bond acceptors (Lipinski definition) is 2. The zero-order valence-corrected chi connectivity index (χ0v) is 11.9. The van der Waals surface area contributed by atoms with Crippen LogP contribution < -0.4 is 5.73 Å². The van der Waals surface area contributed by atoms with Crippen molar-refractivity contribution in [1.82, 2.24) is 4.90 Å². The molecule has 1 aliphatic rings. The fraction of sp³-hybridized carbons (Fsp3) is 0.600. The molecule has 1 heterocycles. The minimum atomic E-state index is 0.802. The lowest BCUT2D eigenvalue weighted by molar-refractivity contribution is 0.272. The third-order valence-electron chi connectivity index (χ3n) is 3.98. The summed E-state index contributed by atoms with van der Waals surface area (Å²) in [6.07, 6.45) is 5.30. The van der Waals surface area contributed by atoms with Crippen LogP contribution in [0, 0.1) is 5.92 Å². The molecule has 1 aliphatic heterocycles. The number of nitrogens with two attached hydrogens (primary N) is 1. The van der Waals surface area contributed by atoms with Gasteiger partial charge >= 0.3 is 0 Å². The van der Waals surface area contributed by atoms with Gasteiger partial charge in [-0.15, -0.1) is 0 Å². The van der Waals surface area contributed by atoms with Crippen LogP contribution in [0.2, 0.25) is 5.02 Å². The van der Waals surface area contributed by atoms with Gasteiger partial charge in [0.15, 0.2) is 0 Å². The number of halogens is 1. The van der Waals surface area contributed by atoms with E-state index in [1.54, 1.807) is 0 Å². The van der Waals surface area contributed by atoms with Crippen LogP contribution in [0.25, 0.3) is 0 Å². The van der Waals surface area contributed by atoms with Gasteiger partial charge in [-0.2, -0.15) is 0 Å². The largest absolute Gasteiger partial charge is 0.399 e. The quantitative estimate of drug-likeness (QED) is 0.840. The van der Waals surface area contributed by atoms with Crippen molar-refractivity contribution in [1.29, 1.82) is 0 Å². The second-order valence-corrected chi connectivity index (χ2v) is 5.74. The van der Waals surface area contributed by atoms with E-state index in [2.05, 4.69) is 11.8 Å². The molecule has 18 heavy (non-hydrogen) atoms. The van der Waals surface area contributed by atoms with Crippen molar-refractivity contribution in [2.45, 2.75) is 39.2 Å². The Morgan fingerprint density at radius 1 is 1.33 bits per heavy atom. The van der Waals surface area contributed by atoms with Crippen LogP contribution in [0.3, 0.4) is 0 Å². The zero-order valence-electron chi connectivity index (χ0n) is 11.2. The van der Waals surface area contributed by atoms with Crippen LogP contribution in [0.15, 0.2) is 18.2 Å². The molecule has 1 aromatic rings. The number of hydrogen-bond donors (Lipinski definition) is 1. The molecular weight excluding hydrogens is 244 g/mol. The van der Waals surface area contributed by atoms with E-state index in [1.165, 1.54) is 38.8 Å². The van der Waals surface area contributed by atoms with E-state index in [1.807, 2.05) is 18.2 Å². The smallest absolute Gasteiger partial charge is 0.0452 e. The molecule has 2 N–H and O–H groups in total. The number of nitrogen functional groups attached to an aromatic ring is 1. The maximum atomic E-state index is 6.23. The Bertz CT molecular complexity index is 392. The van der Waals surface area contributed by atoms with Crippen LogP contribution >= 0.6 is 11.6 Å². The standard InChI is InChI=1S/C15H23ClN2/c1-2-12-4-3-8-18(9-7-12)11-13-10-14(17)5-6-15(13)16/h5-6,10,12H,2-4,7-9,11,17H2,1H3. The molecule has 1 saturated heterocycles. The molecule has 1 atom stereocenters. The van der Waals surface area contributed by atoms with Gasteiger partial charge in [0.1, 0.15) is 0 Å². The Morgan fingerprint density at radius 3 is 2.94 bits per heavy atom. The van der Waals surface area contributed by atoms with Crippen LogP contribution in [0.5, 0.6) is 0 Å². The van der Waals surface area contributed by atoms with Gasteiger partial charge in [0.05, 0.1) is 0 Å². The van der Waals surface area contributed by atoms with E-state index in [0.717, 1.165) is 28.7 Å². The minimum Gasteiger partial charge on any atom is -0.399 e. The average Bonchev–Trinajstić information content (AvgIpc) is 2.59. The Labute approximate surface area is 115 Å². The zero-order chi connectivity index (χ0) is 13.0. The Balaban J connectivity index is 1.98. The summed E-state index contributed by atoms with van der Waals surface area (Å²) in [5.41, 5.74) is 7.79. The van der Waals surface area contributed by atoms with Crippen molar-refractivity contribution in [3.63, 3.8) is 0 Å². The SMILES string of the molecule is CCC1CCCN(Cc2cc(N)ccc2Cl)CC1. The molecule has 0 aromatic heterocycles. The van der Waals surface area contributed by atoms with Gasteiger partial charge in [-0.1, -0.05) is 24.9 Å². The third-order valence-corrected chi connectivity index (χ3v) is 4.35. The highest BCUT2D eigenvalue weighted by Gasteiger charge is 2.16. The van der Waals surface area contributed by atoms with Crippen LogP contribution in [0.1, 0.15) is 38.2 Å². The van der Waals surface area contributed by atoms with Crippen molar-refractivity contribution in [2.24, 2.45) is 5.92 Å². The lowest BCUT2D eigenvalue weighted by Gasteiger charge is -2.21. The molecule has 2 nitrogen and oxygen atoms in total. The molecule has 2 rings (SSSR count). The van der Waals surface area contributed by atoms with Crippen molar-refractivity contribution in [2.75, 3.05) is 18.8 Å². The lowest BCUT2D eigenvalue weighted by atomic mass is 9.98. The first kappa shape index (κ1) is 13.7. The number of nitrogens with zero attached hydrogens (tertiary/aromatic N) is 1. The highest BCUT2D eigenvalue weighted by atomic mass is 35.5. The fourth-order valence-electron chi connectivity index (χ4n) is 2.75. The highest BCUT2D eigenvalue weighted by molar-refractivity contribution is 6.31. The Hall–Kier alpha value is -0.730. The summed E-state index contributed by atoms with van der Waals surface area (Å²) < 4.78 is 0. The van der Waals surface area contributed by atoms with Gasteiger partial charge in [-0.3, -0.25) is 4.90 Å². The van der Waals surface area contributed by atoms with Gasteiger partial charge in [0.2, 0.25) is 0 Å². The number of benzene rings is 1. The molecule has 0 aliphatic carbocycles. The predicted molar refractivity (Wildman–Crippen MR) is 78.8 cm³/mol. The van der Waals surface area contributed by atoms with Gasteiger partial charge in [-0.05, 0) is 62.0 Å². The topological polar surface area (TPSA) is 29.3 Å². The second-order valence-electron chi connectivity index (χ2n) is 5.33. The molecule has 1 fully saturated rings. The molecule has 0 spiro atoms. The van der Waals surface area contributed by atoms with Crippen molar-refractivity contribution in [3.05, 3.63) is 28.8 Å². The minimum absolute atomic E-state index is 0.802. The van der Waals surface area contributed by atoms with Crippen LogP contribution in [0.4, 0.5) is 5.69 Å². The summed E-state index contributed by atoms with van der Waals surface area (Å²) >= 11 is 6.23. The number of likely N-dealkylation sites (tertiary alicyclic amines) is 1. The monoisotopic (exact) mass is 266 g/mol. The summed E-state index contributed by atoms with van der Waals surface area (Å²) in [6, 6.07) is 5.77. The maximum Gasteiger partial charge on any atom is 0.0452 e. The molecule has 0 radical (unpaired) electrons. The normalized spacial score (nSPS) is 21.8. The molecule has 1 aromatic carbocycles. The first-order chi connectivity index (χ1) is 8.69. The van der Waals surface area contributed by atoms with E-state index >= 15 is 0 Å². The Morgan fingerprint density at radius 2 is 2.17 bits per heavy atom. The van der Waals surface area contributed by atoms with Crippen LogP contribution in [-0.4, -0.2) is 18.0 Å². The summed E-state index contributed by atoms with van der Waals surface area (Å²) in [5, 5.41) is 0.834. The van der Waals surface area contributed by atoms with E-state index in [4.69, 9.17) is 17.3 Å². The van der Waals surface area contributed by atoms with E-state index in [-0.39, 0.29) is 0 Å². The van der Waals surface area contributed by atoms with Crippen molar-refractivity contribution in [3.8, 4) is 0 Å². The van der Waals surface area contributed by atoms with Crippen molar-refractivity contribution < 1.29 is 0 Å².